The van der Waals surface area contributed by atoms with Crippen molar-refractivity contribution in [2.75, 3.05) is 23.7 Å². The molecule has 39 heavy (non-hydrogen) atoms. The van der Waals surface area contributed by atoms with Gasteiger partial charge in [0.2, 0.25) is 0 Å². The van der Waals surface area contributed by atoms with Crippen molar-refractivity contribution in [3.8, 4) is 11.3 Å². The first kappa shape index (κ1) is 24.7. The number of nitrogens with zero attached hydrogens (tertiary/aromatic N) is 7. The van der Waals surface area contributed by atoms with E-state index in [0.29, 0.717) is 53.6 Å². The minimum Gasteiger partial charge on any atom is -0.382 e. The molecular weight excluding hydrogens is 509 g/mol. The maximum absolute atomic E-state index is 14.7. The van der Waals surface area contributed by atoms with Gasteiger partial charge in [-0.2, -0.15) is 0 Å². The molecule has 4 aromatic heterocycles. The zero-order chi connectivity index (χ0) is 27.1. The third-order valence-electron chi connectivity index (χ3n) is 6.98. The number of imidazole rings is 1. The van der Waals surface area contributed by atoms with Crippen LogP contribution in [0.5, 0.6) is 0 Å². The molecule has 1 aliphatic heterocycles. The first-order valence-corrected chi connectivity index (χ1v) is 12.3. The van der Waals surface area contributed by atoms with Crippen LogP contribution in [0.4, 0.5) is 24.7 Å². The highest BCUT2D eigenvalue weighted by Crippen LogP contribution is 2.36. The van der Waals surface area contributed by atoms with Crippen LogP contribution >= 0.6 is 0 Å². The maximum atomic E-state index is 14.7. The summed E-state index contributed by atoms with van der Waals surface area (Å²) in [6.07, 6.45) is 7.31. The predicted molar refractivity (Wildman–Crippen MR) is 138 cm³/mol. The van der Waals surface area contributed by atoms with Gasteiger partial charge >= 0.3 is 0 Å². The fourth-order valence-electron chi connectivity index (χ4n) is 5.05. The van der Waals surface area contributed by atoms with Gasteiger partial charge in [-0.1, -0.05) is 6.07 Å². The molecule has 12 heteroatoms. The number of hydrogen-bond donors (Lipinski definition) is 2. The van der Waals surface area contributed by atoms with Crippen LogP contribution in [0.25, 0.3) is 22.4 Å². The Balaban J connectivity index is 1.45. The normalized spacial score (nSPS) is 17.6. The van der Waals surface area contributed by atoms with Gasteiger partial charge in [-0.15, -0.1) is 0 Å². The van der Waals surface area contributed by atoms with Crippen LogP contribution < -0.4 is 10.6 Å². The molecule has 1 aromatic carbocycles. The number of hydrogen-bond acceptors (Lipinski definition) is 8. The van der Waals surface area contributed by atoms with E-state index in [9.17, 15) is 18.3 Å². The summed E-state index contributed by atoms with van der Waals surface area (Å²) in [5, 5.41) is 11.5. The van der Waals surface area contributed by atoms with Gasteiger partial charge in [0.25, 0.3) is 0 Å². The summed E-state index contributed by atoms with van der Waals surface area (Å²) in [5.41, 5.74) is 7.56. The van der Waals surface area contributed by atoms with Crippen molar-refractivity contribution in [1.29, 1.82) is 0 Å². The van der Waals surface area contributed by atoms with E-state index >= 15 is 0 Å². The standard InChI is InChI=1S/C27H23F3N8O/c28-18-10-20(30)19(29)9-17(18)21-8-16(12-38-15-36-24-25(31)34-14-35-26(24)38)22(11-33-21)37-7-3-5-27(39,13-37)23-4-1-2-6-32-23/h1-2,4,6,8-11,14-15,39H,3,5,7,12-13H2,(H2,31,34,35). The lowest BCUT2D eigenvalue weighted by atomic mass is 9.88. The minimum absolute atomic E-state index is 0.126. The van der Waals surface area contributed by atoms with Gasteiger partial charge in [-0.25, -0.2) is 28.1 Å². The van der Waals surface area contributed by atoms with E-state index in [4.69, 9.17) is 5.73 Å². The van der Waals surface area contributed by atoms with E-state index < -0.39 is 23.1 Å². The Morgan fingerprint density at radius 2 is 1.82 bits per heavy atom. The number of piperidine rings is 1. The van der Waals surface area contributed by atoms with E-state index in [1.165, 1.54) is 6.33 Å². The number of rotatable bonds is 5. The van der Waals surface area contributed by atoms with Gasteiger partial charge < -0.3 is 20.3 Å². The molecule has 5 aromatic rings. The van der Waals surface area contributed by atoms with Crippen LogP contribution in [-0.4, -0.2) is 47.7 Å². The van der Waals surface area contributed by atoms with Crippen molar-refractivity contribution >= 4 is 22.7 Å². The highest BCUT2D eigenvalue weighted by Gasteiger charge is 2.37. The molecule has 5 heterocycles. The van der Waals surface area contributed by atoms with E-state index in [1.54, 1.807) is 41.5 Å². The van der Waals surface area contributed by atoms with Crippen LogP contribution in [0.3, 0.4) is 0 Å². The summed E-state index contributed by atoms with van der Waals surface area (Å²) >= 11 is 0. The lowest BCUT2D eigenvalue weighted by Crippen LogP contribution is -2.47. The maximum Gasteiger partial charge on any atom is 0.165 e. The van der Waals surface area contributed by atoms with Gasteiger partial charge in [-0.05, 0) is 42.7 Å². The summed E-state index contributed by atoms with van der Waals surface area (Å²) in [7, 11) is 0. The van der Waals surface area contributed by atoms with Crippen molar-refractivity contribution in [2.24, 2.45) is 0 Å². The lowest BCUT2D eigenvalue weighted by Gasteiger charge is -2.40. The number of β-amino-alcohol motifs (C(OH)–C–C–N with tert-alkyl or cyclic N) is 1. The number of nitrogen functional groups attached to an aromatic ring is 1. The molecule has 0 radical (unpaired) electrons. The Morgan fingerprint density at radius 1 is 0.974 bits per heavy atom. The average Bonchev–Trinajstić information content (AvgIpc) is 3.35. The fourth-order valence-corrected chi connectivity index (χ4v) is 5.05. The van der Waals surface area contributed by atoms with Crippen molar-refractivity contribution < 1.29 is 18.3 Å². The largest absolute Gasteiger partial charge is 0.382 e. The molecule has 0 aliphatic carbocycles. The Labute approximate surface area is 220 Å². The topological polar surface area (TPSA) is 119 Å². The first-order chi connectivity index (χ1) is 18.8. The Bertz CT molecular complexity index is 1680. The summed E-state index contributed by atoms with van der Waals surface area (Å²) in [6.45, 7) is 1.10. The number of nitrogens with two attached hydrogens (primary N) is 1. The molecule has 1 fully saturated rings. The first-order valence-electron chi connectivity index (χ1n) is 12.3. The molecular formula is C27H23F3N8O. The van der Waals surface area contributed by atoms with Gasteiger partial charge in [0, 0.05) is 24.4 Å². The molecule has 0 amide bonds. The highest BCUT2D eigenvalue weighted by molar-refractivity contribution is 5.81. The smallest absolute Gasteiger partial charge is 0.165 e. The second-order valence-electron chi connectivity index (χ2n) is 9.52. The predicted octanol–water partition coefficient (Wildman–Crippen LogP) is 3.82. The van der Waals surface area contributed by atoms with E-state index in [-0.39, 0.29) is 30.2 Å². The SMILES string of the molecule is Nc1ncnc2c1ncn2Cc1cc(-c2cc(F)c(F)cc2F)ncc1N1CCCC(O)(c2ccccn2)C1. The molecule has 1 saturated heterocycles. The van der Waals surface area contributed by atoms with Crippen LogP contribution in [-0.2, 0) is 12.1 Å². The molecule has 198 valence electrons. The molecule has 9 nitrogen and oxygen atoms in total. The Morgan fingerprint density at radius 3 is 2.64 bits per heavy atom. The molecule has 0 bridgehead atoms. The van der Waals surface area contributed by atoms with Gasteiger partial charge in [0.15, 0.2) is 23.1 Å². The Kier molecular flexibility index (Phi) is 6.10. The van der Waals surface area contributed by atoms with Gasteiger partial charge in [0.05, 0.1) is 42.7 Å². The van der Waals surface area contributed by atoms with E-state index in [0.717, 1.165) is 6.07 Å². The number of aliphatic hydroxyl groups is 1. The third kappa shape index (κ3) is 4.52. The Hall–Kier alpha value is -4.58. The number of anilines is 2. The minimum atomic E-state index is -1.28. The molecule has 0 saturated carbocycles. The summed E-state index contributed by atoms with van der Waals surface area (Å²) in [6, 6.07) is 8.32. The summed E-state index contributed by atoms with van der Waals surface area (Å²) in [5.74, 6) is -3.16. The van der Waals surface area contributed by atoms with Gasteiger partial charge in [-0.3, -0.25) is 9.97 Å². The molecule has 1 aliphatic rings. The number of benzene rings is 1. The van der Waals surface area contributed by atoms with E-state index in [2.05, 4.69) is 24.9 Å². The molecule has 3 N–H and O–H groups in total. The van der Waals surface area contributed by atoms with E-state index in [1.807, 2.05) is 11.0 Å². The molecule has 0 spiro atoms. The zero-order valence-electron chi connectivity index (χ0n) is 20.6. The summed E-state index contributed by atoms with van der Waals surface area (Å²) in [4.78, 5) is 23.4. The summed E-state index contributed by atoms with van der Waals surface area (Å²) < 4.78 is 44.1. The third-order valence-corrected chi connectivity index (χ3v) is 6.98. The monoisotopic (exact) mass is 532 g/mol. The lowest BCUT2D eigenvalue weighted by molar-refractivity contribution is 0.0177. The van der Waals surface area contributed by atoms with Crippen LogP contribution in [0.2, 0.25) is 0 Å². The van der Waals surface area contributed by atoms with Gasteiger partial charge in [0.1, 0.15) is 23.3 Å². The van der Waals surface area contributed by atoms with Crippen molar-refractivity contribution in [1.82, 2.24) is 29.5 Å². The molecule has 1 unspecified atom stereocenters. The second-order valence-corrected chi connectivity index (χ2v) is 9.52. The number of halogens is 3. The van der Waals surface area contributed by atoms with Crippen molar-refractivity contribution in [2.45, 2.75) is 25.0 Å². The number of pyridine rings is 2. The van der Waals surface area contributed by atoms with Crippen molar-refractivity contribution in [3.05, 3.63) is 90.2 Å². The highest BCUT2D eigenvalue weighted by atomic mass is 19.2. The zero-order valence-corrected chi connectivity index (χ0v) is 20.6. The average molecular weight is 533 g/mol. The second kappa shape index (κ2) is 9.62. The quantitative estimate of drug-likeness (QED) is 0.328. The van der Waals surface area contributed by atoms with Crippen LogP contribution in [0.1, 0.15) is 24.1 Å². The number of fused-ring (bicyclic) bond motifs is 1. The number of aromatic nitrogens is 6. The van der Waals surface area contributed by atoms with Crippen LogP contribution in [0.15, 0.2) is 61.4 Å². The fraction of sp³-hybridized carbons (Fsp3) is 0.222. The van der Waals surface area contributed by atoms with Crippen molar-refractivity contribution in [3.63, 3.8) is 0 Å². The molecule has 1 atom stereocenters. The molecule has 6 rings (SSSR count). The van der Waals surface area contributed by atoms with Crippen LogP contribution in [0, 0.1) is 17.5 Å².